The van der Waals surface area contributed by atoms with Crippen molar-refractivity contribution in [2.75, 3.05) is 0 Å². The average Bonchev–Trinajstić information content (AvgIpc) is 2.66. The molecule has 2 N–H and O–H groups in total. The summed E-state index contributed by atoms with van der Waals surface area (Å²) in [5.74, 6) is -2.08. The van der Waals surface area contributed by atoms with E-state index in [1.54, 1.807) is 30.3 Å². The molecule has 7 heteroatoms. The Labute approximate surface area is 158 Å². The fourth-order valence-corrected chi connectivity index (χ4v) is 2.97. The number of benzene rings is 3. The first kappa shape index (κ1) is 19.4. The molecular formula is C21H16F3NO3. The number of fused-ring (bicyclic) bond motifs is 1. The fraction of sp³-hybridized carbons (Fsp3) is 0.143. The number of carbonyl (C=O) groups is 2. The molecule has 0 saturated carbocycles. The summed E-state index contributed by atoms with van der Waals surface area (Å²) in [7, 11) is 0. The summed E-state index contributed by atoms with van der Waals surface area (Å²) in [4.78, 5) is 24.0. The Kier molecular flexibility index (Phi) is 5.35. The van der Waals surface area contributed by atoms with Crippen LogP contribution in [0.1, 0.15) is 21.5 Å². The van der Waals surface area contributed by atoms with Gasteiger partial charge in [0, 0.05) is 12.0 Å². The molecule has 3 rings (SSSR count). The molecule has 0 unspecified atom stereocenters. The van der Waals surface area contributed by atoms with Gasteiger partial charge < -0.3 is 10.4 Å². The van der Waals surface area contributed by atoms with Crippen LogP contribution >= 0.6 is 0 Å². The Hall–Kier alpha value is -3.35. The largest absolute Gasteiger partial charge is 0.480 e. The molecule has 0 radical (unpaired) electrons. The van der Waals surface area contributed by atoms with Crippen LogP contribution in [0.2, 0.25) is 0 Å². The Balaban J connectivity index is 1.83. The molecule has 0 saturated heterocycles. The molecule has 0 heterocycles. The average molecular weight is 387 g/mol. The van der Waals surface area contributed by atoms with Crippen molar-refractivity contribution in [2.45, 2.75) is 18.6 Å². The summed E-state index contributed by atoms with van der Waals surface area (Å²) < 4.78 is 39.4. The van der Waals surface area contributed by atoms with Gasteiger partial charge in [-0.2, -0.15) is 13.2 Å². The molecule has 0 bridgehead atoms. The molecule has 4 nitrogen and oxygen atoms in total. The maximum atomic E-state index is 13.1. The van der Waals surface area contributed by atoms with Gasteiger partial charge in [-0.05, 0) is 34.5 Å². The van der Waals surface area contributed by atoms with Gasteiger partial charge in [0.1, 0.15) is 6.04 Å². The monoisotopic (exact) mass is 387 g/mol. The van der Waals surface area contributed by atoms with E-state index < -0.39 is 36.1 Å². The predicted octanol–water partition coefficient (Wildman–Crippen LogP) is 4.28. The van der Waals surface area contributed by atoms with Crippen molar-refractivity contribution in [1.29, 1.82) is 0 Å². The predicted molar refractivity (Wildman–Crippen MR) is 98.0 cm³/mol. The number of amides is 1. The highest BCUT2D eigenvalue weighted by molar-refractivity contribution is 6.00. The second-order valence-corrected chi connectivity index (χ2v) is 6.29. The number of hydrogen-bond acceptors (Lipinski definition) is 2. The van der Waals surface area contributed by atoms with Crippen LogP contribution < -0.4 is 5.32 Å². The highest BCUT2D eigenvalue weighted by atomic mass is 19.4. The van der Waals surface area contributed by atoms with Crippen LogP contribution in [-0.2, 0) is 17.4 Å². The lowest BCUT2D eigenvalue weighted by Gasteiger charge is -2.18. The van der Waals surface area contributed by atoms with E-state index in [9.17, 15) is 27.9 Å². The summed E-state index contributed by atoms with van der Waals surface area (Å²) in [5, 5.41) is 13.4. The van der Waals surface area contributed by atoms with Crippen molar-refractivity contribution in [2.24, 2.45) is 0 Å². The number of carbonyl (C=O) groups excluding carboxylic acids is 1. The van der Waals surface area contributed by atoms with E-state index in [1.807, 2.05) is 12.1 Å². The van der Waals surface area contributed by atoms with Crippen LogP contribution in [0, 0.1) is 0 Å². The van der Waals surface area contributed by atoms with Gasteiger partial charge in [-0.15, -0.1) is 0 Å². The van der Waals surface area contributed by atoms with Crippen LogP contribution in [0.25, 0.3) is 10.8 Å². The van der Waals surface area contributed by atoms with Crippen molar-refractivity contribution in [1.82, 2.24) is 5.32 Å². The molecule has 3 aromatic rings. The minimum atomic E-state index is -4.61. The van der Waals surface area contributed by atoms with E-state index in [-0.39, 0.29) is 11.1 Å². The van der Waals surface area contributed by atoms with E-state index in [1.165, 1.54) is 18.2 Å². The fourth-order valence-electron chi connectivity index (χ4n) is 2.97. The number of hydrogen-bond donors (Lipinski definition) is 2. The molecule has 0 aromatic heterocycles. The highest BCUT2D eigenvalue weighted by Crippen LogP contribution is 2.32. The third kappa shape index (κ3) is 4.31. The van der Waals surface area contributed by atoms with Crippen LogP contribution in [0.4, 0.5) is 13.2 Å². The van der Waals surface area contributed by atoms with Gasteiger partial charge in [-0.25, -0.2) is 4.79 Å². The maximum Gasteiger partial charge on any atom is 0.416 e. The van der Waals surface area contributed by atoms with E-state index in [0.29, 0.717) is 0 Å². The van der Waals surface area contributed by atoms with Crippen LogP contribution in [0.3, 0.4) is 0 Å². The number of halogens is 3. The molecule has 0 aliphatic rings. The maximum absolute atomic E-state index is 13.1. The quantitative estimate of drug-likeness (QED) is 0.687. The van der Waals surface area contributed by atoms with E-state index in [4.69, 9.17) is 0 Å². The van der Waals surface area contributed by atoms with Gasteiger partial charge in [0.15, 0.2) is 0 Å². The minimum Gasteiger partial charge on any atom is -0.480 e. The molecule has 0 aliphatic carbocycles. The van der Waals surface area contributed by atoms with Gasteiger partial charge in [-0.3, -0.25) is 4.79 Å². The zero-order valence-corrected chi connectivity index (χ0v) is 14.5. The second kappa shape index (κ2) is 7.72. The van der Waals surface area contributed by atoms with Gasteiger partial charge >= 0.3 is 12.1 Å². The van der Waals surface area contributed by atoms with E-state index >= 15 is 0 Å². The SMILES string of the molecule is O=C(N[C@@H](Cc1ccccc1C(F)(F)F)C(=O)O)c1ccc2ccccc2c1. The van der Waals surface area contributed by atoms with Crippen molar-refractivity contribution in [3.8, 4) is 0 Å². The summed E-state index contributed by atoms with van der Waals surface area (Å²) in [5.41, 5.74) is -0.878. The highest BCUT2D eigenvalue weighted by Gasteiger charge is 2.34. The van der Waals surface area contributed by atoms with Gasteiger partial charge in [-0.1, -0.05) is 48.5 Å². The Morgan fingerprint density at radius 2 is 1.57 bits per heavy atom. The molecule has 0 fully saturated rings. The molecule has 1 atom stereocenters. The number of nitrogens with one attached hydrogen (secondary N) is 1. The molecule has 144 valence electrons. The zero-order chi connectivity index (χ0) is 20.3. The third-order valence-corrected chi connectivity index (χ3v) is 4.36. The van der Waals surface area contributed by atoms with Gasteiger partial charge in [0.2, 0.25) is 0 Å². The topological polar surface area (TPSA) is 66.4 Å². The number of alkyl halides is 3. The van der Waals surface area contributed by atoms with E-state index in [0.717, 1.165) is 16.8 Å². The van der Waals surface area contributed by atoms with Gasteiger partial charge in [0.05, 0.1) is 5.56 Å². The van der Waals surface area contributed by atoms with Crippen molar-refractivity contribution >= 4 is 22.6 Å². The Morgan fingerprint density at radius 1 is 0.929 bits per heavy atom. The molecule has 28 heavy (non-hydrogen) atoms. The van der Waals surface area contributed by atoms with Crippen molar-refractivity contribution in [3.05, 3.63) is 83.4 Å². The number of carboxylic acids is 1. The standard InChI is InChI=1S/C21H16F3NO3/c22-21(23,24)17-8-4-3-7-15(17)12-18(20(27)28)25-19(26)16-10-9-13-5-1-2-6-14(13)11-16/h1-11,18H,12H2,(H,25,26)(H,27,28)/t18-/m0/s1. The molecule has 1 amide bonds. The number of rotatable bonds is 5. The lowest BCUT2D eigenvalue weighted by molar-refractivity contribution is -0.141. The van der Waals surface area contributed by atoms with Crippen LogP contribution in [0.15, 0.2) is 66.7 Å². The molecular weight excluding hydrogens is 371 g/mol. The van der Waals surface area contributed by atoms with Gasteiger partial charge in [0.25, 0.3) is 5.91 Å². The van der Waals surface area contributed by atoms with E-state index in [2.05, 4.69) is 5.32 Å². The number of carboxylic acid groups (broad SMARTS) is 1. The minimum absolute atomic E-state index is 0.193. The second-order valence-electron chi connectivity index (χ2n) is 6.29. The smallest absolute Gasteiger partial charge is 0.416 e. The normalized spacial score (nSPS) is 12.5. The summed E-state index contributed by atoms with van der Waals surface area (Å²) in [6.45, 7) is 0. The first-order valence-electron chi connectivity index (χ1n) is 8.43. The summed E-state index contributed by atoms with van der Waals surface area (Å²) >= 11 is 0. The molecule has 3 aromatic carbocycles. The zero-order valence-electron chi connectivity index (χ0n) is 14.5. The van der Waals surface area contributed by atoms with Crippen LogP contribution in [-0.4, -0.2) is 23.0 Å². The lowest BCUT2D eigenvalue weighted by atomic mass is 9.99. The first-order valence-corrected chi connectivity index (χ1v) is 8.43. The number of aliphatic carboxylic acids is 1. The lowest BCUT2D eigenvalue weighted by Crippen LogP contribution is -2.42. The molecule has 0 aliphatic heterocycles. The van der Waals surface area contributed by atoms with Crippen molar-refractivity contribution in [3.63, 3.8) is 0 Å². The van der Waals surface area contributed by atoms with Crippen LogP contribution in [0.5, 0.6) is 0 Å². The Bertz CT molecular complexity index is 1030. The summed E-state index contributed by atoms with van der Waals surface area (Å²) in [6, 6.07) is 15.4. The van der Waals surface area contributed by atoms with Crippen molar-refractivity contribution < 1.29 is 27.9 Å². The summed E-state index contributed by atoms with van der Waals surface area (Å²) in [6.07, 6.45) is -5.09. The molecule has 0 spiro atoms. The Morgan fingerprint density at radius 3 is 2.25 bits per heavy atom. The first-order chi connectivity index (χ1) is 13.3. The third-order valence-electron chi connectivity index (χ3n) is 4.36.